The summed E-state index contributed by atoms with van der Waals surface area (Å²) < 4.78 is 6.21. The van der Waals surface area contributed by atoms with Gasteiger partial charge in [-0.1, -0.05) is 11.6 Å². The molecule has 2 fully saturated rings. The number of piperidine rings is 1. The first-order valence-corrected chi connectivity index (χ1v) is 13.3. The maximum atomic E-state index is 12.0. The number of carbonyl (C=O) groups excluding carboxylic acids is 1. The average molecular weight is 575 g/mol. The van der Waals surface area contributed by atoms with E-state index in [1.165, 1.54) is 17.8 Å². The zero-order valence-electron chi connectivity index (χ0n) is 22.4. The molecule has 1 saturated carbocycles. The largest absolute Gasteiger partial charge is 0.453 e. The van der Waals surface area contributed by atoms with Gasteiger partial charge in [0, 0.05) is 25.2 Å². The Hall–Kier alpha value is -4.84. The summed E-state index contributed by atoms with van der Waals surface area (Å²) in [6.07, 6.45) is 3.48. The molecule has 2 aromatic heterocycles. The Labute approximate surface area is 241 Å². The Morgan fingerprint density at radius 1 is 1.24 bits per heavy atom. The first kappa shape index (κ1) is 27.7. The molecule has 3 N–H and O–H groups in total. The van der Waals surface area contributed by atoms with Crippen molar-refractivity contribution in [3.63, 3.8) is 0 Å². The molecule has 0 bridgehead atoms. The van der Waals surface area contributed by atoms with Crippen LogP contribution in [0.15, 0.2) is 18.3 Å². The Balaban J connectivity index is 1.48. The molecule has 41 heavy (non-hydrogen) atoms. The lowest BCUT2D eigenvalue weighted by Gasteiger charge is -2.43. The first-order chi connectivity index (χ1) is 19.8. The molecule has 2 atom stereocenters. The number of aromatic nitrogens is 4. The number of halogens is 1. The fraction of sp³-hybridized carbons (Fsp3) is 0.423. The van der Waals surface area contributed by atoms with E-state index < -0.39 is 6.09 Å². The summed E-state index contributed by atoms with van der Waals surface area (Å²) in [5.74, 6) is 0.661. The number of nitriles is 3. The number of nitrogens with zero attached hydrogens (tertiary/aromatic N) is 9. The monoisotopic (exact) mass is 574 g/mol. The van der Waals surface area contributed by atoms with E-state index in [9.17, 15) is 20.6 Å². The van der Waals surface area contributed by atoms with Gasteiger partial charge in [-0.25, -0.2) is 9.78 Å². The van der Waals surface area contributed by atoms with Crippen LogP contribution in [0, 0.1) is 34.0 Å². The van der Waals surface area contributed by atoms with Crippen molar-refractivity contribution in [3.8, 4) is 18.2 Å². The number of methoxy groups -OCH3 is 1. The van der Waals surface area contributed by atoms with Crippen molar-refractivity contribution >= 4 is 46.5 Å². The lowest BCUT2D eigenvalue weighted by Crippen LogP contribution is -2.60. The van der Waals surface area contributed by atoms with Crippen molar-refractivity contribution in [2.24, 2.45) is 0 Å². The summed E-state index contributed by atoms with van der Waals surface area (Å²) in [6, 6.07) is 9.53. The number of fused-ring (bicyclic) bond motifs is 1. The SMILES string of the molecule is COC(=O)N[C@H]1CCN(c2cc(C#N)cc(Nc3nc(NC4CC4)c4ncc(C#N)n4n3)c2Cl)C[C@H]1N(C)CC#N. The average Bonchev–Trinajstić information content (AvgIpc) is 3.70. The van der Waals surface area contributed by atoms with E-state index in [2.05, 4.69) is 49.2 Å². The highest BCUT2D eigenvalue weighted by Gasteiger charge is 2.34. The number of benzene rings is 1. The minimum absolute atomic E-state index is 0.159. The summed E-state index contributed by atoms with van der Waals surface area (Å²) in [6.45, 7) is 1.12. The molecule has 3 aromatic rings. The van der Waals surface area contributed by atoms with Crippen molar-refractivity contribution in [2.45, 2.75) is 37.4 Å². The number of likely N-dealkylation sites (N-methyl/N-ethyl adjacent to an activating group) is 1. The van der Waals surface area contributed by atoms with Gasteiger partial charge >= 0.3 is 6.09 Å². The molecule has 0 spiro atoms. The highest BCUT2D eigenvalue weighted by atomic mass is 35.5. The van der Waals surface area contributed by atoms with Crippen LogP contribution >= 0.6 is 11.6 Å². The summed E-state index contributed by atoms with van der Waals surface area (Å²) in [4.78, 5) is 24.7. The molecule has 14 nitrogen and oxygen atoms in total. The molecule has 0 unspecified atom stereocenters. The lowest BCUT2D eigenvalue weighted by atomic mass is 9.97. The van der Waals surface area contributed by atoms with Gasteiger partial charge < -0.3 is 25.6 Å². The number of hydrogen-bond donors (Lipinski definition) is 3. The molecular weight excluding hydrogens is 548 g/mol. The minimum Gasteiger partial charge on any atom is -0.453 e. The van der Waals surface area contributed by atoms with Crippen LogP contribution in [0.1, 0.15) is 30.5 Å². The Kier molecular flexibility index (Phi) is 7.92. The summed E-state index contributed by atoms with van der Waals surface area (Å²) in [5.41, 5.74) is 2.07. The fourth-order valence-electron chi connectivity index (χ4n) is 4.85. The van der Waals surface area contributed by atoms with Crippen LogP contribution in [-0.4, -0.2) is 82.5 Å². The molecule has 210 valence electrons. The van der Waals surface area contributed by atoms with Crippen LogP contribution in [0.5, 0.6) is 0 Å². The van der Waals surface area contributed by atoms with Crippen molar-refractivity contribution in [1.82, 2.24) is 29.8 Å². The van der Waals surface area contributed by atoms with Gasteiger partial charge in [-0.3, -0.25) is 4.90 Å². The molecule has 1 amide bonds. The molecule has 1 saturated heterocycles. The van der Waals surface area contributed by atoms with Gasteiger partial charge in [0.05, 0.1) is 60.0 Å². The maximum Gasteiger partial charge on any atom is 0.407 e. The molecule has 0 radical (unpaired) electrons. The second-order valence-electron chi connectivity index (χ2n) is 9.90. The normalized spacial score (nSPS) is 18.3. The fourth-order valence-corrected chi connectivity index (χ4v) is 5.12. The Bertz CT molecular complexity index is 1600. The van der Waals surface area contributed by atoms with Crippen molar-refractivity contribution in [2.75, 3.05) is 49.3 Å². The van der Waals surface area contributed by atoms with Crippen LogP contribution < -0.4 is 20.9 Å². The predicted molar refractivity (Wildman–Crippen MR) is 150 cm³/mol. The smallest absolute Gasteiger partial charge is 0.407 e. The maximum absolute atomic E-state index is 12.0. The second-order valence-corrected chi connectivity index (χ2v) is 10.3. The van der Waals surface area contributed by atoms with Crippen LogP contribution in [0.25, 0.3) is 5.65 Å². The number of ether oxygens (including phenoxy) is 1. The summed E-state index contributed by atoms with van der Waals surface area (Å²) in [5, 5.41) is 42.8. The molecule has 1 aliphatic carbocycles. The van der Waals surface area contributed by atoms with Crippen molar-refractivity contribution in [3.05, 3.63) is 34.6 Å². The number of alkyl carbamates (subject to hydrolysis) is 1. The van der Waals surface area contributed by atoms with Gasteiger partial charge in [-0.05, 0) is 38.4 Å². The molecule has 15 heteroatoms. The molecule has 1 aromatic carbocycles. The highest BCUT2D eigenvalue weighted by Crippen LogP contribution is 2.38. The quantitative estimate of drug-likeness (QED) is 0.335. The lowest BCUT2D eigenvalue weighted by molar-refractivity contribution is 0.144. The zero-order valence-corrected chi connectivity index (χ0v) is 23.2. The van der Waals surface area contributed by atoms with Gasteiger partial charge in [0.15, 0.2) is 17.2 Å². The van der Waals surface area contributed by atoms with E-state index in [1.54, 1.807) is 12.1 Å². The number of rotatable bonds is 8. The van der Waals surface area contributed by atoms with E-state index >= 15 is 0 Å². The standard InChI is InChI=1S/C26H27ClN12O2/c1-37(8-6-28)21-14-38(7-5-18(21)34-26(40)41-2)20-10-15(11-29)9-19(22(20)27)33-25-35-23(32-16-3-4-16)24-31-13-17(12-30)39(24)36-25/h9-10,13,16,18,21H,3-5,7-8,14H2,1-2H3,(H,34,40)(H2,32,33,35,36)/t18-,21+/m0/s1. The van der Waals surface area contributed by atoms with Gasteiger partial charge in [0.25, 0.3) is 0 Å². The van der Waals surface area contributed by atoms with E-state index in [1.807, 2.05) is 16.8 Å². The van der Waals surface area contributed by atoms with Gasteiger partial charge in [-0.2, -0.15) is 25.3 Å². The van der Waals surface area contributed by atoms with E-state index in [0.717, 1.165) is 12.8 Å². The summed E-state index contributed by atoms with van der Waals surface area (Å²) >= 11 is 6.93. The van der Waals surface area contributed by atoms with E-state index in [4.69, 9.17) is 16.3 Å². The van der Waals surface area contributed by atoms with Crippen LogP contribution in [0.2, 0.25) is 5.02 Å². The minimum atomic E-state index is -0.542. The van der Waals surface area contributed by atoms with E-state index in [0.29, 0.717) is 52.9 Å². The third-order valence-corrected chi connectivity index (χ3v) is 7.52. The number of carbonyl (C=O) groups is 1. The molecule has 1 aliphatic heterocycles. The summed E-state index contributed by atoms with van der Waals surface area (Å²) in [7, 11) is 3.12. The third-order valence-electron chi connectivity index (χ3n) is 7.12. The molecular formula is C26H27ClN12O2. The number of anilines is 4. The zero-order chi connectivity index (χ0) is 29.1. The molecule has 2 aliphatic rings. The number of hydrogen-bond acceptors (Lipinski definition) is 12. The third kappa shape index (κ3) is 5.87. The first-order valence-electron chi connectivity index (χ1n) is 12.9. The topological polar surface area (TPSA) is 183 Å². The van der Waals surface area contributed by atoms with Crippen LogP contribution in [0.3, 0.4) is 0 Å². The highest BCUT2D eigenvalue weighted by molar-refractivity contribution is 6.36. The van der Waals surface area contributed by atoms with Gasteiger partial charge in [0.2, 0.25) is 5.95 Å². The van der Waals surface area contributed by atoms with Crippen molar-refractivity contribution in [1.29, 1.82) is 15.8 Å². The molecule has 3 heterocycles. The van der Waals surface area contributed by atoms with E-state index in [-0.39, 0.29) is 36.3 Å². The Morgan fingerprint density at radius 3 is 2.73 bits per heavy atom. The number of nitrogens with one attached hydrogen (secondary N) is 3. The second kappa shape index (κ2) is 11.7. The van der Waals surface area contributed by atoms with Gasteiger partial charge in [0.1, 0.15) is 6.07 Å². The van der Waals surface area contributed by atoms with Crippen LogP contribution in [0.4, 0.5) is 27.9 Å². The number of imidazole rings is 1. The van der Waals surface area contributed by atoms with Crippen LogP contribution in [-0.2, 0) is 4.74 Å². The predicted octanol–water partition coefficient (Wildman–Crippen LogP) is 2.60. The van der Waals surface area contributed by atoms with Gasteiger partial charge in [-0.15, -0.1) is 5.10 Å². The molecule has 5 rings (SSSR count). The van der Waals surface area contributed by atoms with Crippen molar-refractivity contribution < 1.29 is 9.53 Å². The number of amides is 1. The Morgan fingerprint density at radius 2 is 2.05 bits per heavy atom.